The van der Waals surface area contributed by atoms with E-state index in [1.54, 1.807) is 0 Å². The summed E-state index contributed by atoms with van der Waals surface area (Å²) in [7, 11) is 1.75. The first-order valence-electron chi connectivity index (χ1n) is 9.70. The Bertz CT molecular complexity index is 308. The van der Waals surface area contributed by atoms with Crippen LogP contribution in [0.4, 0.5) is 4.39 Å². The van der Waals surface area contributed by atoms with Crippen molar-refractivity contribution >= 4 is 7.48 Å². The monoisotopic (exact) mass is 359 g/mol. The lowest BCUT2D eigenvalue weighted by molar-refractivity contribution is 0.0327. The van der Waals surface area contributed by atoms with E-state index in [1.807, 2.05) is 67.5 Å². The van der Waals surface area contributed by atoms with E-state index in [9.17, 15) is 4.39 Å². The van der Waals surface area contributed by atoms with Crippen molar-refractivity contribution in [1.29, 1.82) is 0 Å². The topological polar surface area (TPSA) is 40.5 Å². The molecule has 0 saturated carbocycles. The quantitative estimate of drug-likeness (QED) is 0.591. The molecule has 0 fully saturated rings. The fourth-order valence-electron chi connectivity index (χ4n) is 1.78. The summed E-state index contributed by atoms with van der Waals surface area (Å²) in [5.74, 6) is 1.44. The molecular weight excluding hydrogens is 314 g/mol. The Balaban J connectivity index is -0.000000146. The maximum Gasteiger partial charge on any atom is 0.322 e. The fraction of sp³-hybridized carbons (Fsp3) is 0.810. The minimum absolute atomic E-state index is 0.354. The molecule has 0 heterocycles. The zero-order valence-electron chi connectivity index (χ0n) is 18.7. The number of aliphatic hydroxyl groups is 1. The molecule has 4 heteroatoms. The molecule has 1 aliphatic carbocycles. The molecule has 0 saturated heterocycles. The molecular formula is C21H45BFO2. The third kappa shape index (κ3) is 18.0. The van der Waals surface area contributed by atoms with Crippen LogP contribution in [0.25, 0.3) is 0 Å². The summed E-state index contributed by atoms with van der Waals surface area (Å²) in [6.45, 7) is 20.0. The average Bonchev–Trinajstić information content (AvgIpc) is 2.62. The smallest absolute Gasteiger partial charge is 0.322 e. The standard InChI is InChI=1S/C10H16BO.C6H14O.2C2H6.CH3F/c1-3-5-9-8(2)6-4-7-10(9)11-12;1-5(2)6(3,4)7;3*1-2/h4,6-9,12H,3,5H2,1-2H3;5,7H,1-4H3;2*1-2H3;1H3/t8-,9?;;;;/m1..../s1. The van der Waals surface area contributed by atoms with Gasteiger partial charge in [0.25, 0.3) is 0 Å². The van der Waals surface area contributed by atoms with Gasteiger partial charge in [-0.25, -0.2) is 0 Å². The lowest BCUT2D eigenvalue weighted by atomic mass is 9.69. The van der Waals surface area contributed by atoms with Crippen LogP contribution in [-0.2, 0) is 0 Å². The summed E-state index contributed by atoms with van der Waals surface area (Å²) in [4.78, 5) is 0. The first kappa shape index (κ1) is 32.1. The van der Waals surface area contributed by atoms with E-state index in [2.05, 4.69) is 19.9 Å². The van der Waals surface area contributed by atoms with Gasteiger partial charge in [0.1, 0.15) is 0 Å². The van der Waals surface area contributed by atoms with Crippen LogP contribution in [0.5, 0.6) is 0 Å². The van der Waals surface area contributed by atoms with Crippen molar-refractivity contribution in [2.45, 2.75) is 87.7 Å². The van der Waals surface area contributed by atoms with Crippen LogP contribution in [0, 0.1) is 17.8 Å². The summed E-state index contributed by atoms with van der Waals surface area (Å²) >= 11 is 0. The van der Waals surface area contributed by atoms with Gasteiger partial charge in [-0.1, -0.05) is 85.5 Å². The van der Waals surface area contributed by atoms with Crippen molar-refractivity contribution in [3.8, 4) is 0 Å². The second-order valence-electron chi connectivity index (χ2n) is 6.24. The molecule has 0 aromatic heterocycles. The summed E-state index contributed by atoms with van der Waals surface area (Å²) in [5, 5.41) is 18.1. The first-order chi connectivity index (χ1) is 11.7. The number of halogens is 1. The van der Waals surface area contributed by atoms with Crippen molar-refractivity contribution in [1.82, 2.24) is 0 Å². The third-order valence-electron chi connectivity index (χ3n) is 3.93. The van der Waals surface area contributed by atoms with Crippen LogP contribution in [0.3, 0.4) is 0 Å². The second kappa shape index (κ2) is 21.4. The van der Waals surface area contributed by atoms with Gasteiger partial charge in [-0.2, -0.15) is 0 Å². The Labute approximate surface area is 158 Å². The molecule has 1 radical (unpaired) electrons. The Morgan fingerprint density at radius 1 is 1.16 bits per heavy atom. The zero-order chi connectivity index (χ0) is 21.1. The summed E-state index contributed by atoms with van der Waals surface area (Å²) in [6.07, 6.45) is 8.56. The SMILES string of the molecule is CC.CC.CC(C)C(C)(C)O.CCCC1C([B]O)=CC=C[C@H]1C.CF. The van der Waals surface area contributed by atoms with Crippen molar-refractivity contribution < 1.29 is 14.5 Å². The van der Waals surface area contributed by atoms with Gasteiger partial charge in [-0.05, 0) is 38.0 Å². The molecule has 151 valence electrons. The van der Waals surface area contributed by atoms with E-state index in [1.165, 1.54) is 13.9 Å². The Kier molecular flexibility index (Phi) is 27.5. The zero-order valence-corrected chi connectivity index (χ0v) is 18.7. The van der Waals surface area contributed by atoms with E-state index in [0.29, 0.717) is 24.9 Å². The fourth-order valence-corrected chi connectivity index (χ4v) is 1.78. The highest BCUT2D eigenvalue weighted by Gasteiger charge is 2.20. The van der Waals surface area contributed by atoms with E-state index in [-0.39, 0.29) is 0 Å². The lowest BCUT2D eigenvalue weighted by Crippen LogP contribution is -2.25. The summed E-state index contributed by atoms with van der Waals surface area (Å²) in [5.41, 5.74) is 0.576. The number of alkyl halides is 1. The molecule has 0 bridgehead atoms. The van der Waals surface area contributed by atoms with Gasteiger partial charge in [0.05, 0.1) is 12.8 Å². The highest BCUT2D eigenvalue weighted by atomic mass is 19.1. The minimum atomic E-state index is -0.500. The molecule has 1 aliphatic rings. The average molecular weight is 359 g/mol. The van der Waals surface area contributed by atoms with Gasteiger partial charge in [-0.3, -0.25) is 4.39 Å². The predicted molar refractivity (Wildman–Crippen MR) is 114 cm³/mol. The van der Waals surface area contributed by atoms with E-state index < -0.39 is 5.60 Å². The summed E-state index contributed by atoms with van der Waals surface area (Å²) < 4.78 is 9.50. The van der Waals surface area contributed by atoms with Gasteiger partial charge >= 0.3 is 7.48 Å². The summed E-state index contributed by atoms with van der Waals surface area (Å²) in [6, 6.07) is 0. The van der Waals surface area contributed by atoms with Crippen LogP contribution < -0.4 is 0 Å². The molecule has 1 unspecified atom stereocenters. The van der Waals surface area contributed by atoms with E-state index in [4.69, 9.17) is 10.1 Å². The largest absolute Gasteiger partial charge is 0.450 e. The maximum absolute atomic E-state index is 9.50. The predicted octanol–water partition coefficient (Wildman–Crippen LogP) is 6.16. The molecule has 2 nitrogen and oxygen atoms in total. The number of hydrogen-bond donors (Lipinski definition) is 2. The number of hydrogen-bond acceptors (Lipinski definition) is 2. The van der Waals surface area contributed by atoms with E-state index in [0.717, 1.165) is 11.9 Å². The van der Waals surface area contributed by atoms with Crippen LogP contribution >= 0.6 is 0 Å². The second-order valence-corrected chi connectivity index (χ2v) is 6.24. The molecule has 0 aromatic rings. The molecule has 1 rings (SSSR count). The van der Waals surface area contributed by atoms with Crippen molar-refractivity contribution in [2.75, 3.05) is 7.18 Å². The highest BCUT2D eigenvalue weighted by Crippen LogP contribution is 2.28. The Hall–Kier alpha value is -0.605. The maximum atomic E-state index is 9.50. The Morgan fingerprint density at radius 3 is 1.84 bits per heavy atom. The van der Waals surface area contributed by atoms with Crippen LogP contribution in [0.1, 0.15) is 82.1 Å². The first-order valence-corrected chi connectivity index (χ1v) is 9.70. The van der Waals surface area contributed by atoms with Gasteiger partial charge < -0.3 is 10.1 Å². The lowest BCUT2D eigenvalue weighted by Gasteiger charge is -2.25. The molecule has 2 N–H and O–H groups in total. The van der Waals surface area contributed by atoms with Crippen LogP contribution in [0.2, 0.25) is 0 Å². The molecule has 0 aliphatic heterocycles. The van der Waals surface area contributed by atoms with Gasteiger partial charge in [0, 0.05) is 0 Å². The number of rotatable bonds is 4. The van der Waals surface area contributed by atoms with Gasteiger partial charge in [-0.15, -0.1) is 0 Å². The van der Waals surface area contributed by atoms with Crippen LogP contribution in [0.15, 0.2) is 23.7 Å². The van der Waals surface area contributed by atoms with Crippen molar-refractivity contribution in [3.05, 3.63) is 23.7 Å². The van der Waals surface area contributed by atoms with Gasteiger partial charge in [0.15, 0.2) is 0 Å². The van der Waals surface area contributed by atoms with Crippen molar-refractivity contribution in [3.63, 3.8) is 0 Å². The number of allylic oxidation sites excluding steroid dienone is 4. The Morgan fingerprint density at radius 2 is 1.56 bits per heavy atom. The van der Waals surface area contributed by atoms with Crippen LogP contribution in [-0.4, -0.2) is 30.4 Å². The van der Waals surface area contributed by atoms with E-state index >= 15 is 0 Å². The van der Waals surface area contributed by atoms with Crippen molar-refractivity contribution in [2.24, 2.45) is 17.8 Å². The minimum Gasteiger partial charge on any atom is -0.450 e. The molecule has 0 aromatic carbocycles. The molecule has 2 atom stereocenters. The highest BCUT2D eigenvalue weighted by molar-refractivity contribution is 6.36. The normalized spacial score (nSPS) is 18.0. The molecule has 0 spiro atoms. The third-order valence-corrected chi connectivity index (χ3v) is 3.93. The molecule has 25 heavy (non-hydrogen) atoms. The van der Waals surface area contributed by atoms with Gasteiger partial charge in [0.2, 0.25) is 0 Å². The molecule has 0 amide bonds.